The molecule has 2 aromatic rings. The second kappa shape index (κ2) is 7.42. The van der Waals surface area contributed by atoms with Crippen LogP contribution in [0.1, 0.15) is 34.6 Å². The summed E-state index contributed by atoms with van der Waals surface area (Å²) in [5, 5.41) is 0. The highest BCUT2D eigenvalue weighted by Gasteiger charge is 2.31. The van der Waals surface area contributed by atoms with Crippen LogP contribution in [-0.4, -0.2) is 42.3 Å². The molecule has 1 amide bonds. The maximum Gasteiger partial charge on any atom is 0.260 e. The van der Waals surface area contributed by atoms with E-state index in [-0.39, 0.29) is 23.9 Å². The molecule has 27 heavy (non-hydrogen) atoms. The zero-order valence-corrected chi connectivity index (χ0v) is 15.0. The summed E-state index contributed by atoms with van der Waals surface area (Å²) in [5.41, 5.74) is 0.0407. The Kier molecular flexibility index (Phi) is 5.21. The first-order valence-electron chi connectivity index (χ1n) is 8.60. The number of rotatable bonds is 3. The standard InChI is InChI=1S/C20H19F3N2O2/c1-12-11-24(18-7-6-14(13(2)26)10-17(18)23)8-9-25(12)20(27)19-15(21)4-3-5-16(19)22/h3-7,10,12H,8-9,11H2,1-2H3/t12-/m0/s1. The van der Waals surface area contributed by atoms with Crippen LogP contribution in [0.25, 0.3) is 0 Å². The van der Waals surface area contributed by atoms with Crippen molar-refractivity contribution < 1.29 is 22.8 Å². The fraction of sp³-hybridized carbons (Fsp3) is 0.300. The van der Waals surface area contributed by atoms with Gasteiger partial charge in [0.1, 0.15) is 23.0 Å². The van der Waals surface area contributed by atoms with Gasteiger partial charge in [0, 0.05) is 31.2 Å². The minimum atomic E-state index is -0.902. The number of amides is 1. The quantitative estimate of drug-likeness (QED) is 0.768. The molecule has 7 heteroatoms. The second-order valence-corrected chi connectivity index (χ2v) is 6.61. The summed E-state index contributed by atoms with van der Waals surface area (Å²) in [6.07, 6.45) is 0. The molecule has 0 bridgehead atoms. The van der Waals surface area contributed by atoms with Crippen LogP contribution < -0.4 is 4.90 Å². The number of piperazine rings is 1. The number of hydrogen-bond acceptors (Lipinski definition) is 3. The van der Waals surface area contributed by atoms with Crippen LogP contribution in [0.4, 0.5) is 18.9 Å². The number of carbonyl (C=O) groups is 2. The average Bonchev–Trinajstić information content (AvgIpc) is 2.61. The number of nitrogens with zero attached hydrogens (tertiary/aromatic N) is 2. The van der Waals surface area contributed by atoms with Gasteiger partial charge in [-0.05, 0) is 44.2 Å². The third-order valence-electron chi connectivity index (χ3n) is 4.76. The zero-order chi connectivity index (χ0) is 19.7. The lowest BCUT2D eigenvalue weighted by Gasteiger charge is -2.41. The molecule has 4 nitrogen and oxygen atoms in total. The summed E-state index contributed by atoms with van der Waals surface area (Å²) in [7, 11) is 0. The van der Waals surface area contributed by atoms with E-state index >= 15 is 0 Å². The van der Waals surface area contributed by atoms with Crippen molar-refractivity contribution in [3.8, 4) is 0 Å². The van der Waals surface area contributed by atoms with Crippen molar-refractivity contribution in [2.45, 2.75) is 19.9 Å². The number of ketones is 1. The molecule has 2 aromatic carbocycles. The highest BCUT2D eigenvalue weighted by atomic mass is 19.1. The third-order valence-corrected chi connectivity index (χ3v) is 4.76. The minimum absolute atomic E-state index is 0.196. The van der Waals surface area contributed by atoms with E-state index in [4.69, 9.17) is 0 Å². The van der Waals surface area contributed by atoms with Gasteiger partial charge in [0.25, 0.3) is 5.91 Å². The molecule has 1 aliphatic rings. The highest BCUT2D eigenvalue weighted by molar-refractivity contribution is 5.95. The van der Waals surface area contributed by atoms with Crippen molar-refractivity contribution >= 4 is 17.4 Å². The molecule has 1 heterocycles. The van der Waals surface area contributed by atoms with E-state index in [1.54, 1.807) is 17.9 Å². The molecule has 1 fully saturated rings. The van der Waals surface area contributed by atoms with E-state index in [1.807, 2.05) is 0 Å². The first kappa shape index (κ1) is 18.9. The van der Waals surface area contributed by atoms with Gasteiger partial charge in [0.2, 0.25) is 0 Å². The van der Waals surface area contributed by atoms with Gasteiger partial charge >= 0.3 is 0 Å². The van der Waals surface area contributed by atoms with Crippen LogP contribution in [-0.2, 0) is 0 Å². The first-order chi connectivity index (χ1) is 12.8. The minimum Gasteiger partial charge on any atom is -0.365 e. The molecule has 1 aliphatic heterocycles. The molecule has 0 radical (unpaired) electrons. The average molecular weight is 376 g/mol. The van der Waals surface area contributed by atoms with E-state index < -0.39 is 28.9 Å². The number of benzene rings is 2. The van der Waals surface area contributed by atoms with Crippen molar-refractivity contribution in [2.24, 2.45) is 0 Å². The topological polar surface area (TPSA) is 40.6 Å². The van der Waals surface area contributed by atoms with Gasteiger partial charge in [0.05, 0.1) is 5.69 Å². The number of halogens is 3. The molecule has 0 saturated carbocycles. The van der Waals surface area contributed by atoms with Crippen LogP contribution in [0.2, 0.25) is 0 Å². The predicted octanol–water partition coefficient (Wildman–Crippen LogP) is 3.66. The largest absolute Gasteiger partial charge is 0.365 e. The van der Waals surface area contributed by atoms with Gasteiger partial charge in [-0.15, -0.1) is 0 Å². The van der Waals surface area contributed by atoms with Gasteiger partial charge < -0.3 is 9.80 Å². The van der Waals surface area contributed by atoms with Gasteiger partial charge in [0.15, 0.2) is 5.78 Å². The number of carbonyl (C=O) groups excluding carboxylic acids is 2. The Labute approximate surface area is 155 Å². The van der Waals surface area contributed by atoms with Crippen molar-refractivity contribution in [2.75, 3.05) is 24.5 Å². The SMILES string of the molecule is CC(=O)c1ccc(N2CCN(C(=O)c3c(F)cccc3F)[C@@H](C)C2)c(F)c1. The van der Waals surface area contributed by atoms with E-state index in [1.165, 1.54) is 30.0 Å². The van der Waals surface area contributed by atoms with Gasteiger partial charge in [-0.2, -0.15) is 0 Å². The van der Waals surface area contributed by atoms with Gasteiger partial charge in [-0.1, -0.05) is 6.07 Å². The molecule has 0 spiro atoms. The summed E-state index contributed by atoms with van der Waals surface area (Å²) in [6, 6.07) is 7.19. The Balaban J connectivity index is 1.78. The van der Waals surface area contributed by atoms with E-state index in [0.29, 0.717) is 18.8 Å². The van der Waals surface area contributed by atoms with Crippen LogP contribution in [0.3, 0.4) is 0 Å². The zero-order valence-electron chi connectivity index (χ0n) is 15.0. The molecular weight excluding hydrogens is 357 g/mol. The molecule has 0 unspecified atom stereocenters. The lowest BCUT2D eigenvalue weighted by atomic mass is 10.1. The second-order valence-electron chi connectivity index (χ2n) is 6.61. The Morgan fingerprint density at radius 1 is 1.00 bits per heavy atom. The van der Waals surface area contributed by atoms with Crippen molar-refractivity contribution in [3.05, 3.63) is 65.0 Å². The molecule has 0 aromatic heterocycles. The first-order valence-corrected chi connectivity index (χ1v) is 8.60. The third kappa shape index (κ3) is 3.67. The van der Waals surface area contributed by atoms with Gasteiger partial charge in [-0.3, -0.25) is 9.59 Å². The van der Waals surface area contributed by atoms with Crippen molar-refractivity contribution in [1.29, 1.82) is 0 Å². The van der Waals surface area contributed by atoms with E-state index in [0.717, 1.165) is 12.1 Å². The van der Waals surface area contributed by atoms with Crippen molar-refractivity contribution in [3.63, 3.8) is 0 Å². The fourth-order valence-electron chi connectivity index (χ4n) is 3.31. The maximum absolute atomic E-state index is 14.4. The Morgan fingerprint density at radius 3 is 2.22 bits per heavy atom. The summed E-state index contributed by atoms with van der Waals surface area (Å²) in [4.78, 5) is 27.1. The summed E-state index contributed by atoms with van der Waals surface area (Å²) in [6.45, 7) is 3.91. The summed E-state index contributed by atoms with van der Waals surface area (Å²) < 4.78 is 42.2. The van der Waals surface area contributed by atoms with Crippen molar-refractivity contribution in [1.82, 2.24) is 4.90 Å². The van der Waals surface area contributed by atoms with Crippen LogP contribution in [0, 0.1) is 17.5 Å². The Hall–Kier alpha value is -2.83. The molecule has 1 atom stereocenters. The lowest BCUT2D eigenvalue weighted by Crippen LogP contribution is -2.54. The van der Waals surface area contributed by atoms with Crippen LogP contribution in [0.5, 0.6) is 0 Å². The number of anilines is 1. The van der Waals surface area contributed by atoms with Crippen LogP contribution in [0.15, 0.2) is 36.4 Å². The normalized spacial score (nSPS) is 17.1. The molecule has 1 saturated heterocycles. The summed E-state index contributed by atoms with van der Waals surface area (Å²) in [5.74, 6) is -3.27. The maximum atomic E-state index is 14.4. The number of Topliss-reactive ketones (excluding diaryl/α,β-unsaturated/α-hetero) is 1. The summed E-state index contributed by atoms with van der Waals surface area (Å²) >= 11 is 0. The monoisotopic (exact) mass is 376 g/mol. The fourth-order valence-corrected chi connectivity index (χ4v) is 3.31. The molecule has 0 aliphatic carbocycles. The molecule has 142 valence electrons. The molecule has 0 N–H and O–H groups in total. The lowest BCUT2D eigenvalue weighted by molar-refractivity contribution is 0.0663. The predicted molar refractivity (Wildman–Crippen MR) is 95.5 cm³/mol. The highest BCUT2D eigenvalue weighted by Crippen LogP contribution is 2.25. The van der Waals surface area contributed by atoms with Gasteiger partial charge in [-0.25, -0.2) is 13.2 Å². The van der Waals surface area contributed by atoms with Crippen LogP contribution >= 0.6 is 0 Å². The van der Waals surface area contributed by atoms with E-state index in [2.05, 4.69) is 0 Å². The van der Waals surface area contributed by atoms with E-state index in [9.17, 15) is 22.8 Å². The Bertz CT molecular complexity index is 881. The molecular formula is C20H19F3N2O2. The molecule has 3 rings (SSSR count). The Morgan fingerprint density at radius 2 is 1.67 bits per heavy atom. The smallest absolute Gasteiger partial charge is 0.260 e. The number of hydrogen-bond donors (Lipinski definition) is 0.